The van der Waals surface area contributed by atoms with Gasteiger partial charge in [-0.25, -0.2) is 4.79 Å². The lowest BCUT2D eigenvalue weighted by Gasteiger charge is -2.27. The molecule has 5 heteroatoms. The summed E-state index contributed by atoms with van der Waals surface area (Å²) in [5.41, 5.74) is 0.171. The zero-order chi connectivity index (χ0) is 15.1. The molecule has 0 saturated carbocycles. The summed E-state index contributed by atoms with van der Waals surface area (Å²) in [6, 6.07) is -0.181. The van der Waals surface area contributed by atoms with Crippen LogP contribution in [0.4, 0.5) is 4.79 Å². The summed E-state index contributed by atoms with van der Waals surface area (Å²) < 4.78 is 0. The predicted octanol–water partition coefficient (Wildman–Crippen LogP) is 2.47. The molecule has 0 rings (SSSR count). The molecule has 0 spiro atoms. The molecule has 2 unspecified atom stereocenters. The third-order valence-corrected chi connectivity index (χ3v) is 3.57. The Bertz CT molecular complexity index is 298. The third kappa shape index (κ3) is 8.46. The molecule has 3 N–H and O–H groups in total. The number of carbonyl (C=O) groups is 2. The maximum absolute atomic E-state index is 11.5. The molecule has 5 nitrogen and oxygen atoms in total. The summed E-state index contributed by atoms with van der Waals surface area (Å²) >= 11 is 0. The van der Waals surface area contributed by atoms with Gasteiger partial charge in [-0.2, -0.15) is 0 Å². The Labute approximate surface area is 116 Å². The van der Waals surface area contributed by atoms with E-state index in [1.165, 1.54) is 0 Å². The molecule has 2 atom stereocenters. The first-order valence-corrected chi connectivity index (χ1v) is 6.89. The Balaban J connectivity index is 3.69. The average Bonchev–Trinajstić information content (AvgIpc) is 2.29. The molecule has 0 radical (unpaired) electrons. The number of aliphatic carboxylic acids is 1. The topological polar surface area (TPSA) is 78.4 Å². The smallest absolute Gasteiger partial charge is 0.314 e. The molecule has 0 aromatic rings. The Morgan fingerprint density at radius 1 is 1.16 bits per heavy atom. The van der Waals surface area contributed by atoms with Crippen LogP contribution >= 0.6 is 0 Å². The van der Waals surface area contributed by atoms with Gasteiger partial charge in [0.1, 0.15) is 0 Å². The lowest BCUT2D eigenvalue weighted by atomic mass is 9.82. The first-order chi connectivity index (χ1) is 8.64. The summed E-state index contributed by atoms with van der Waals surface area (Å²) in [5, 5.41) is 14.3. The fourth-order valence-electron chi connectivity index (χ4n) is 1.35. The van der Waals surface area contributed by atoms with Gasteiger partial charge in [-0.05, 0) is 24.2 Å². The van der Waals surface area contributed by atoms with E-state index >= 15 is 0 Å². The molecule has 0 aromatic heterocycles. The molecule has 0 saturated heterocycles. The zero-order valence-corrected chi connectivity index (χ0v) is 12.7. The van der Waals surface area contributed by atoms with Gasteiger partial charge in [-0.1, -0.05) is 34.6 Å². The SMILES string of the molecule is CC(CCCNC(=O)NCC(C)C(C)(C)C)C(=O)O. The van der Waals surface area contributed by atoms with E-state index in [0.717, 1.165) is 0 Å². The van der Waals surface area contributed by atoms with Gasteiger partial charge in [-0.3, -0.25) is 4.79 Å². The molecular weight excluding hydrogens is 244 g/mol. The molecule has 0 fully saturated rings. The number of rotatable bonds is 7. The van der Waals surface area contributed by atoms with Crippen LogP contribution in [-0.2, 0) is 4.79 Å². The minimum absolute atomic E-state index is 0.171. The van der Waals surface area contributed by atoms with Crippen LogP contribution in [0.25, 0.3) is 0 Å². The van der Waals surface area contributed by atoms with Gasteiger partial charge in [0.2, 0.25) is 0 Å². The molecule has 0 aromatic carbocycles. The summed E-state index contributed by atoms with van der Waals surface area (Å²) in [6.45, 7) is 11.4. The Morgan fingerprint density at radius 3 is 2.21 bits per heavy atom. The standard InChI is InChI=1S/C14H28N2O3/c1-10(12(17)18)7-6-8-15-13(19)16-9-11(2)14(3,4)5/h10-11H,6-9H2,1-5H3,(H,17,18)(H2,15,16,19). The van der Waals surface area contributed by atoms with Gasteiger partial charge in [0, 0.05) is 13.1 Å². The molecular formula is C14H28N2O3. The summed E-state index contributed by atoms with van der Waals surface area (Å²) in [6.07, 6.45) is 1.25. The van der Waals surface area contributed by atoms with Crippen LogP contribution in [0.3, 0.4) is 0 Å². The van der Waals surface area contributed by atoms with Crippen molar-refractivity contribution in [1.82, 2.24) is 10.6 Å². The molecule has 112 valence electrons. The van der Waals surface area contributed by atoms with Crippen LogP contribution in [0.15, 0.2) is 0 Å². The van der Waals surface area contributed by atoms with E-state index in [1.54, 1.807) is 6.92 Å². The quantitative estimate of drug-likeness (QED) is 0.623. The number of urea groups is 1. The van der Waals surface area contributed by atoms with Crippen molar-refractivity contribution in [3.8, 4) is 0 Å². The van der Waals surface area contributed by atoms with Crippen molar-refractivity contribution in [3.05, 3.63) is 0 Å². The van der Waals surface area contributed by atoms with Crippen molar-refractivity contribution in [2.24, 2.45) is 17.3 Å². The number of hydrogen-bond donors (Lipinski definition) is 3. The van der Waals surface area contributed by atoms with E-state index in [2.05, 4.69) is 38.3 Å². The van der Waals surface area contributed by atoms with Gasteiger partial charge in [-0.15, -0.1) is 0 Å². The molecule has 0 bridgehead atoms. The maximum atomic E-state index is 11.5. The number of carboxylic acid groups (broad SMARTS) is 1. The number of amides is 2. The molecule has 0 aliphatic carbocycles. The summed E-state index contributed by atoms with van der Waals surface area (Å²) in [7, 11) is 0. The van der Waals surface area contributed by atoms with Crippen molar-refractivity contribution in [3.63, 3.8) is 0 Å². The van der Waals surface area contributed by atoms with Crippen LogP contribution in [0, 0.1) is 17.3 Å². The van der Waals surface area contributed by atoms with Crippen molar-refractivity contribution in [2.45, 2.75) is 47.5 Å². The van der Waals surface area contributed by atoms with Crippen LogP contribution in [-0.4, -0.2) is 30.2 Å². The average molecular weight is 272 g/mol. The highest BCUT2D eigenvalue weighted by molar-refractivity contribution is 5.73. The van der Waals surface area contributed by atoms with Crippen molar-refractivity contribution in [1.29, 1.82) is 0 Å². The van der Waals surface area contributed by atoms with E-state index in [1.807, 2.05) is 0 Å². The van der Waals surface area contributed by atoms with E-state index in [0.29, 0.717) is 31.8 Å². The highest BCUT2D eigenvalue weighted by Crippen LogP contribution is 2.24. The minimum Gasteiger partial charge on any atom is -0.481 e. The number of carboxylic acids is 1. The summed E-state index contributed by atoms with van der Waals surface area (Å²) in [5.74, 6) is -0.750. The lowest BCUT2D eigenvalue weighted by Crippen LogP contribution is -2.40. The third-order valence-electron chi connectivity index (χ3n) is 3.57. The molecule has 0 heterocycles. The second-order valence-electron chi connectivity index (χ2n) is 6.29. The molecule has 19 heavy (non-hydrogen) atoms. The monoisotopic (exact) mass is 272 g/mol. The Morgan fingerprint density at radius 2 is 1.74 bits per heavy atom. The van der Waals surface area contributed by atoms with E-state index < -0.39 is 5.97 Å². The van der Waals surface area contributed by atoms with E-state index in [-0.39, 0.29) is 17.4 Å². The van der Waals surface area contributed by atoms with Gasteiger partial charge < -0.3 is 15.7 Å². The van der Waals surface area contributed by atoms with Crippen molar-refractivity contribution >= 4 is 12.0 Å². The normalized spacial score (nSPS) is 14.6. The molecule has 0 aliphatic rings. The Hall–Kier alpha value is -1.26. The van der Waals surface area contributed by atoms with E-state index in [4.69, 9.17) is 5.11 Å². The van der Waals surface area contributed by atoms with Gasteiger partial charge in [0.15, 0.2) is 0 Å². The minimum atomic E-state index is -0.788. The number of hydrogen-bond acceptors (Lipinski definition) is 2. The van der Waals surface area contributed by atoms with Gasteiger partial charge in [0.05, 0.1) is 5.92 Å². The predicted molar refractivity (Wildman–Crippen MR) is 76.1 cm³/mol. The van der Waals surface area contributed by atoms with Crippen molar-refractivity contribution < 1.29 is 14.7 Å². The molecule has 2 amide bonds. The first-order valence-electron chi connectivity index (χ1n) is 6.89. The lowest BCUT2D eigenvalue weighted by molar-refractivity contribution is -0.141. The van der Waals surface area contributed by atoms with E-state index in [9.17, 15) is 9.59 Å². The van der Waals surface area contributed by atoms with Crippen LogP contribution in [0.2, 0.25) is 0 Å². The highest BCUT2D eigenvalue weighted by atomic mass is 16.4. The summed E-state index contributed by atoms with van der Waals surface area (Å²) in [4.78, 5) is 22.1. The fraction of sp³-hybridized carbons (Fsp3) is 0.857. The Kier molecular flexibility index (Phi) is 7.49. The van der Waals surface area contributed by atoms with Gasteiger partial charge in [0.25, 0.3) is 0 Å². The highest BCUT2D eigenvalue weighted by Gasteiger charge is 2.20. The first kappa shape index (κ1) is 17.7. The number of nitrogens with one attached hydrogen (secondary N) is 2. The maximum Gasteiger partial charge on any atom is 0.314 e. The zero-order valence-electron chi connectivity index (χ0n) is 12.7. The number of carbonyl (C=O) groups excluding carboxylic acids is 1. The molecule has 0 aliphatic heterocycles. The van der Waals surface area contributed by atoms with Crippen LogP contribution in [0.1, 0.15) is 47.5 Å². The van der Waals surface area contributed by atoms with Crippen molar-refractivity contribution in [2.75, 3.05) is 13.1 Å². The second kappa shape index (κ2) is 8.02. The van der Waals surface area contributed by atoms with Crippen LogP contribution < -0.4 is 10.6 Å². The second-order valence-corrected chi connectivity index (χ2v) is 6.29. The largest absolute Gasteiger partial charge is 0.481 e. The van der Waals surface area contributed by atoms with Gasteiger partial charge >= 0.3 is 12.0 Å². The van der Waals surface area contributed by atoms with Crippen LogP contribution in [0.5, 0.6) is 0 Å². The fourth-order valence-corrected chi connectivity index (χ4v) is 1.35.